The third kappa shape index (κ3) is 19.6. The van der Waals surface area contributed by atoms with Crippen LogP contribution in [0.4, 0.5) is 34.5 Å². The van der Waals surface area contributed by atoms with Gasteiger partial charge in [0.2, 0.25) is 24.3 Å². The quantitative estimate of drug-likeness (QED) is 0.0452. The minimum Gasteiger partial charge on any atom is -0.493 e. The van der Waals surface area contributed by atoms with Crippen molar-refractivity contribution in [3.63, 3.8) is 0 Å². The molecule has 12 heterocycles. The number of amides is 3. The SMILES string of the molecule is C=CC(=O)N1CCN(c2nc(OC[C@@H]3CCCN3C)nc3c2CCN(c2cccc(Cl)c2C)C3)C[C@@H]1CC#N.C=CC(=O)N1CCN(c2nc(OC[C@@H]3CCCN3C)nc3c2CCN(c2cccc(Cl)c2OC)C3)C[C@@H]1CC#N.[C-]#[N+]C[C@H]1CN(c2nc(OC[C@@H]3CCCN3C)nc3c2CCN(c2cccc(Cl)c2Cl)C3)CCN1C(=O)C=C. The molecular formula is C86H105Cl4N21O7. The normalized spacial score (nSPS) is 21.3. The number of likely N-dealkylation sites (N-methyl/N-ethyl adjacent to an activating group) is 3. The summed E-state index contributed by atoms with van der Waals surface area (Å²) in [5, 5.41) is 21.3. The molecule has 3 aromatic heterocycles. The van der Waals surface area contributed by atoms with Crippen molar-refractivity contribution in [2.24, 2.45) is 0 Å². The van der Waals surface area contributed by atoms with Crippen LogP contribution >= 0.6 is 46.4 Å². The first-order valence-electron chi connectivity index (χ1n) is 40.8. The predicted molar refractivity (Wildman–Crippen MR) is 460 cm³/mol. The summed E-state index contributed by atoms with van der Waals surface area (Å²) in [7, 11) is 8.00. The van der Waals surface area contributed by atoms with Gasteiger partial charge in [0.05, 0.1) is 107 Å². The van der Waals surface area contributed by atoms with Crippen LogP contribution in [0.5, 0.6) is 23.8 Å². The van der Waals surface area contributed by atoms with E-state index in [4.69, 9.17) is 102 Å². The predicted octanol–water partition coefficient (Wildman–Crippen LogP) is 10.8. The number of hydrogen-bond donors (Lipinski definition) is 0. The molecule has 6 fully saturated rings. The molecule has 0 unspecified atom stereocenters. The molecule has 15 rings (SSSR count). The number of piperazine rings is 3. The number of para-hydroxylation sites is 1. The lowest BCUT2D eigenvalue weighted by molar-refractivity contribution is -0.129. The van der Waals surface area contributed by atoms with Crippen molar-refractivity contribution >= 4 is 98.6 Å². The molecule has 28 nitrogen and oxygen atoms in total. The number of ether oxygens (including phenoxy) is 4. The number of anilines is 6. The molecule has 3 amide bonds. The van der Waals surface area contributed by atoms with E-state index >= 15 is 0 Å². The second-order valence-electron chi connectivity index (χ2n) is 31.4. The standard InChI is InChI=1S/C29H36ClN7O3.C29H36ClN7O2.C28H33Cl2N7O2/c1-4-26(38)37-16-15-36(17-20(37)10-12-31)28-22-11-14-35(25-9-5-8-23(30)27(25)39-3)18-24(22)32-29(33-28)40-19-21-7-6-13-34(21)2;1-4-27(38)37-16-15-36(17-21(37)10-12-31)28-23-11-14-35(26-9-5-8-24(30)20(26)2)18-25(23)32-29(33-28)39-19-22-7-6-13-34(22)3;1-4-25(38)37-14-13-36(16-20(37)15-31-2)27-21-10-12-35(24-9-5-8-22(29)26(24)30)17-23(21)32-28(33-27)39-18-19-7-6-11-34(19)3/h4-5,8-9,20-21H,1,6-7,10-11,13-19H2,2-3H3;4-5,8-9,21-22H,1,6-7,10-11,13-19H2,2-3H3;4-5,8-9,19-20H,1,6-7,10-18H2,3H3/t20-,21-;21-,22-;19-,20-/m000/s1. The van der Waals surface area contributed by atoms with Gasteiger partial charge in [-0.05, 0) is 166 Å². The number of carbonyl (C=O) groups excluding carboxylic acids is 3. The zero-order chi connectivity index (χ0) is 83.3. The third-order valence-electron chi connectivity index (χ3n) is 24.3. The molecular weight excluding hydrogens is 1580 g/mol. The minimum atomic E-state index is -0.248. The topological polar surface area (TPSA) is 256 Å². The first-order valence-corrected chi connectivity index (χ1v) is 42.3. The van der Waals surface area contributed by atoms with Gasteiger partial charge in [-0.2, -0.15) is 40.4 Å². The summed E-state index contributed by atoms with van der Waals surface area (Å²) in [5.41, 5.74) is 9.94. The van der Waals surface area contributed by atoms with Crippen molar-refractivity contribution in [3.05, 3.63) is 163 Å². The van der Waals surface area contributed by atoms with Gasteiger partial charge in [0.1, 0.15) is 43.3 Å². The van der Waals surface area contributed by atoms with E-state index < -0.39 is 0 Å². The number of carbonyl (C=O) groups is 3. The number of methoxy groups -OCH3 is 1. The molecule has 118 heavy (non-hydrogen) atoms. The van der Waals surface area contributed by atoms with Crippen LogP contribution in [-0.4, -0.2) is 266 Å². The van der Waals surface area contributed by atoms with E-state index in [0.717, 1.165) is 170 Å². The van der Waals surface area contributed by atoms with Crippen LogP contribution in [0, 0.1) is 36.2 Å². The summed E-state index contributed by atoms with van der Waals surface area (Å²) in [6, 6.07) is 23.3. The number of aromatic nitrogens is 6. The summed E-state index contributed by atoms with van der Waals surface area (Å²) in [4.78, 5) is 95.9. The second-order valence-corrected chi connectivity index (χ2v) is 33.0. The minimum absolute atomic E-state index is 0.142. The lowest BCUT2D eigenvalue weighted by atomic mass is 10.0. The molecule has 0 spiro atoms. The van der Waals surface area contributed by atoms with Gasteiger partial charge in [-0.1, -0.05) is 84.3 Å². The summed E-state index contributed by atoms with van der Waals surface area (Å²) in [5.74, 6) is 2.71. The van der Waals surface area contributed by atoms with Gasteiger partial charge in [0, 0.05) is 124 Å². The Hall–Kier alpha value is -9.96. The number of likely N-dealkylation sites (tertiary alicyclic amines) is 3. The van der Waals surface area contributed by atoms with Gasteiger partial charge in [0.25, 0.3) is 0 Å². The lowest BCUT2D eigenvalue weighted by Crippen LogP contribution is -2.56. The Morgan fingerprint density at radius 2 is 0.847 bits per heavy atom. The van der Waals surface area contributed by atoms with Crippen molar-refractivity contribution in [2.75, 3.05) is 182 Å². The van der Waals surface area contributed by atoms with Crippen LogP contribution in [0.25, 0.3) is 4.85 Å². The maximum atomic E-state index is 12.5. The van der Waals surface area contributed by atoms with E-state index in [1.54, 1.807) is 27.9 Å². The molecule has 6 saturated heterocycles. The van der Waals surface area contributed by atoms with Crippen molar-refractivity contribution in [1.82, 2.24) is 59.3 Å². The number of hydrogen-bond acceptors (Lipinski definition) is 24. The van der Waals surface area contributed by atoms with Crippen LogP contribution in [0.3, 0.4) is 0 Å². The molecule has 0 saturated carbocycles. The molecule has 0 N–H and O–H groups in total. The summed E-state index contributed by atoms with van der Waals surface area (Å²) in [6.07, 6.45) is 13.4. The third-order valence-corrected chi connectivity index (χ3v) is 25.8. The van der Waals surface area contributed by atoms with E-state index in [1.165, 1.54) is 24.6 Å². The maximum absolute atomic E-state index is 12.5. The van der Waals surface area contributed by atoms with E-state index in [2.05, 4.69) is 108 Å². The largest absolute Gasteiger partial charge is 0.493 e. The Labute approximate surface area is 712 Å². The van der Waals surface area contributed by atoms with Crippen LogP contribution in [0.2, 0.25) is 20.1 Å². The maximum Gasteiger partial charge on any atom is 0.318 e. The Morgan fingerprint density at radius 3 is 1.23 bits per heavy atom. The summed E-state index contributed by atoms with van der Waals surface area (Å²) >= 11 is 25.8. The van der Waals surface area contributed by atoms with Gasteiger partial charge in [0.15, 0.2) is 5.75 Å². The molecule has 0 radical (unpaired) electrons. The molecule has 0 aliphatic carbocycles. The Bertz CT molecular complexity index is 4600. The lowest BCUT2D eigenvalue weighted by Gasteiger charge is -2.42. The van der Waals surface area contributed by atoms with Crippen molar-refractivity contribution in [2.45, 2.75) is 133 Å². The van der Waals surface area contributed by atoms with E-state index in [0.29, 0.717) is 155 Å². The molecule has 9 aliphatic rings. The molecule has 32 heteroatoms. The van der Waals surface area contributed by atoms with Crippen LogP contribution in [0.1, 0.15) is 90.7 Å². The van der Waals surface area contributed by atoms with Gasteiger partial charge >= 0.3 is 18.0 Å². The van der Waals surface area contributed by atoms with Crippen LogP contribution < -0.4 is 48.3 Å². The molecule has 3 aromatic carbocycles. The smallest absolute Gasteiger partial charge is 0.318 e. The zero-order valence-corrected chi connectivity index (χ0v) is 71.1. The Kier molecular flexibility index (Phi) is 28.9. The highest BCUT2D eigenvalue weighted by Crippen LogP contribution is 2.42. The van der Waals surface area contributed by atoms with Crippen molar-refractivity contribution in [3.8, 4) is 35.9 Å². The fourth-order valence-corrected chi connectivity index (χ4v) is 18.5. The average molecular weight is 1690 g/mol. The van der Waals surface area contributed by atoms with E-state index in [9.17, 15) is 24.9 Å². The summed E-state index contributed by atoms with van der Waals surface area (Å²) in [6.45, 7) is 34.3. The van der Waals surface area contributed by atoms with Crippen LogP contribution in [-0.2, 0) is 53.3 Å². The Morgan fingerprint density at radius 1 is 0.483 bits per heavy atom. The first kappa shape index (κ1) is 85.9. The van der Waals surface area contributed by atoms with Gasteiger partial charge in [-0.15, -0.1) is 0 Å². The fraction of sp³-hybridized carbons (Fsp3) is 0.512. The first-order chi connectivity index (χ1) is 57.2. The number of benzene rings is 3. The molecule has 624 valence electrons. The number of rotatable bonds is 22. The van der Waals surface area contributed by atoms with Gasteiger partial charge < -0.3 is 82.6 Å². The zero-order valence-electron chi connectivity index (χ0n) is 68.1. The Balaban J connectivity index is 0.000000153. The van der Waals surface area contributed by atoms with Gasteiger partial charge in [-0.3, -0.25) is 14.4 Å². The highest BCUT2D eigenvalue weighted by molar-refractivity contribution is 6.43. The van der Waals surface area contributed by atoms with Gasteiger partial charge in [-0.25, -0.2) is 6.57 Å². The van der Waals surface area contributed by atoms with Crippen LogP contribution in [0.15, 0.2) is 92.6 Å². The number of halogens is 4. The summed E-state index contributed by atoms with van der Waals surface area (Å²) < 4.78 is 24.3. The monoisotopic (exact) mass is 1680 g/mol. The molecule has 6 aromatic rings. The highest BCUT2D eigenvalue weighted by atomic mass is 35.5. The van der Waals surface area contributed by atoms with Crippen molar-refractivity contribution < 1.29 is 33.3 Å². The van der Waals surface area contributed by atoms with E-state index in [-0.39, 0.29) is 55.2 Å². The number of nitrogens with zero attached hydrogens (tertiary/aromatic N) is 21. The van der Waals surface area contributed by atoms with Crippen molar-refractivity contribution in [1.29, 1.82) is 10.5 Å². The number of nitriles is 2. The fourth-order valence-electron chi connectivity index (χ4n) is 17.7. The second kappa shape index (κ2) is 39.7. The average Bonchev–Trinajstić information content (AvgIpc) is 0.883. The number of fused-ring (bicyclic) bond motifs is 3. The van der Waals surface area contributed by atoms with E-state index in [1.807, 2.05) is 49.4 Å². The molecule has 0 bridgehead atoms. The highest BCUT2D eigenvalue weighted by Gasteiger charge is 2.40. The molecule has 6 atom stereocenters. The molecule has 9 aliphatic heterocycles.